The minimum absolute atomic E-state index is 0.0143. The molecule has 2 aromatic carbocycles. The van der Waals surface area contributed by atoms with Crippen molar-refractivity contribution in [3.8, 4) is 0 Å². The molecule has 1 fully saturated rings. The van der Waals surface area contributed by atoms with E-state index >= 15 is 0 Å². The van der Waals surface area contributed by atoms with Crippen molar-refractivity contribution in [2.75, 3.05) is 50.5 Å². The van der Waals surface area contributed by atoms with Crippen molar-refractivity contribution in [3.63, 3.8) is 0 Å². The molecular formula is C23H27N3O2S2. The van der Waals surface area contributed by atoms with Crippen LogP contribution in [0.25, 0.3) is 10.2 Å². The van der Waals surface area contributed by atoms with E-state index in [0.717, 1.165) is 59.5 Å². The predicted molar refractivity (Wildman–Crippen MR) is 126 cm³/mol. The molecule has 0 atom stereocenters. The Morgan fingerprint density at radius 3 is 2.70 bits per heavy atom. The van der Waals surface area contributed by atoms with E-state index in [9.17, 15) is 4.79 Å². The van der Waals surface area contributed by atoms with Gasteiger partial charge in [-0.2, -0.15) is 0 Å². The smallest absolute Gasteiger partial charge is 0.260 e. The largest absolute Gasteiger partial charge is 0.379 e. The average Bonchev–Trinajstić information content (AvgIpc) is 3.20. The maximum Gasteiger partial charge on any atom is 0.260 e. The molecule has 0 unspecified atom stereocenters. The zero-order valence-corrected chi connectivity index (χ0v) is 19.1. The molecule has 0 spiro atoms. The van der Waals surface area contributed by atoms with Crippen LogP contribution >= 0.6 is 23.1 Å². The lowest BCUT2D eigenvalue weighted by atomic mass is 10.2. The van der Waals surface area contributed by atoms with E-state index in [4.69, 9.17) is 9.72 Å². The molecule has 0 radical (unpaired) electrons. The Labute approximate surface area is 186 Å². The molecule has 7 heteroatoms. The van der Waals surface area contributed by atoms with Crippen molar-refractivity contribution in [1.29, 1.82) is 0 Å². The van der Waals surface area contributed by atoms with E-state index < -0.39 is 0 Å². The molecule has 1 aliphatic heterocycles. The highest BCUT2D eigenvalue weighted by molar-refractivity contribution is 7.98. The number of carbonyl (C=O) groups is 1. The molecule has 158 valence electrons. The van der Waals surface area contributed by atoms with E-state index in [0.29, 0.717) is 12.1 Å². The first-order valence-corrected chi connectivity index (χ1v) is 12.3. The molecule has 4 rings (SSSR count). The second-order valence-corrected chi connectivity index (χ2v) is 9.35. The second-order valence-electron chi connectivity index (χ2n) is 7.46. The van der Waals surface area contributed by atoms with Crippen LogP contribution in [0.15, 0.2) is 47.4 Å². The number of thioether (sulfide) groups is 1. The number of hydrogen-bond acceptors (Lipinski definition) is 6. The van der Waals surface area contributed by atoms with Gasteiger partial charge in [0.15, 0.2) is 5.13 Å². The second kappa shape index (κ2) is 9.92. The summed E-state index contributed by atoms with van der Waals surface area (Å²) in [5.41, 5.74) is 2.86. The third-order valence-corrected chi connectivity index (χ3v) is 7.09. The summed E-state index contributed by atoms with van der Waals surface area (Å²) in [6, 6.07) is 14.1. The number of benzene rings is 2. The summed E-state index contributed by atoms with van der Waals surface area (Å²) < 4.78 is 6.56. The number of hydrogen-bond donors (Lipinski definition) is 0. The number of fused-ring (bicyclic) bond motifs is 1. The lowest BCUT2D eigenvalue weighted by molar-refractivity contribution is 0.0376. The fraction of sp³-hybridized carbons (Fsp3) is 0.391. The minimum atomic E-state index is 0.0143. The number of rotatable bonds is 7. The summed E-state index contributed by atoms with van der Waals surface area (Å²) in [6.07, 6.45) is 2.95. The highest BCUT2D eigenvalue weighted by atomic mass is 32.2. The van der Waals surface area contributed by atoms with Crippen LogP contribution in [0.2, 0.25) is 0 Å². The topological polar surface area (TPSA) is 45.7 Å². The van der Waals surface area contributed by atoms with Gasteiger partial charge in [-0.05, 0) is 61.6 Å². The first-order chi connectivity index (χ1) is 14.6. The number of ether oxygens (including phenoxy) is 1. The first kappa shape index (κ1) is 21.3. The minimum Gasteiger partial charge on any atom is -0.379 e. The number of nitrogens with zero attached hydrogens (tertiary/aromatic N) is 3. The predicted octanol–water partition coefficient (Wildman–Crippen LogP) is 4.70. The molecule has 3 aromatic rings. The molecule has 1 aromatic heterocycles. The Morgan fingerprint density at radius 2 is 1.97 bits per heavy atom. The summed E-state index contributed by atoms with van der Waals surface area (Å²) in [4.78, 5) is 23.6. The monoisotopic (exact) mass is 441 g/mol. The van der Waals surface area contributed by atoms with Gasteiger partial charge < -0.3 is 4.74 Å². The average molecular weight is 442 g/mol. The molecule has 0 saturated carbocycles. The summed E-state index contributed by atoms with van der Waals surface area (Å²) in [5.74, 6) is 0.0143. The Kier molecular flexibility index (Phi) is 7.04. The van der Waals surface area contributed by atoms with Gasteiger partial charge in [0.1, 0.15) is 0 Å². The van der Waals surface area contributed by atoms with Gasteiger partial charge in [0, 0.05) is 36.6 Å². The van der Waals surface area contributed by atoms with Gasteiger partial charge in [-0.1, -0.05) is 17.4 Å². The van der Waals surface area contributed by atoms with Crippen LogP contribution < -0.4 is 4.90 Å². The third-order valence-electron chi connectivity index (χ3n) is 5.31. The van der Waals surface area contributed by atoms with Gasteiger partial charge >= 0.3 is 0 Å². The SMILES string of the molecule is CSc1ccc(C(=O)N(CCCN2CCOCC2)c2nc3ccc(C)cc3s2)cc1. The number of thiazole rings is 1. The van der Waals surface area contributed by atoms with Gasteiger partial charge in [-0.15, -0.1) is 11.8 Å². The van der Waals surface area contributed by atoms with Crippen molar-refractivity contribution in [3.05, 3.63) is 53.6 Å². The van der Waals surface area contributed by atoms with Gasteiger partial charge in [0.2, 0.25) is 0 Å². The van der Waals surface area contributed by atoms with Gasteiger partial charge in [-0.25, -0.2) is 4.98 Å². The van der Waals surface area contributed by atoms with Crippen LogP contribution in [0.3, 0.4) is 0 Å². The highest BCUT2D eigenvalue weighted by Gasteiger charge is 2.22. The first-order valence-electron chi connectivity index (χ1n) is 10.3. The van der Waals surface area contributed by atoms with E-state index in [1.54, 1.807) is 23.1 Å². The highest BCUT2D eigenvalue weighted by Crippen LogP contribution is 2.31. The summed E-state index contributed by atoms with van der Waals surface area (Å²) >= 11 is 3.27. The number of aromatic nitrogens is 1. The van der Waals surface area contributed by atoms with Crippen molar-refractivity contribution in [1.82, 2.24) is 9.88 Å². The van der Waals surface area contributed by atoms with Crippen molar-refractivity contribution in [2.24, 2.45) is 0 Å². The van der Waals surface area contributed by atoms with Gasteiger partial charge in [0.05, 0.1) is 23.4 Å². The fourth-order valence-corrected chi connectivity index (χ4v) is 5.08. The normalized spacial score (nSPS) is 14.9. The number of carbonyl (C=O) groups excluding carboxylic acids is 1. The Morgan fingerprint density at radius 1 is 1.20 bits per heavy atom. The number of morpholine rings is 1. The zero-order valence-electron chi connectivity index (χ0n) is 17.5. The maximum atomic E-state index is 13.4. The van der Waals surface area contributed by atoms with Crippen LogP contribution in [0.5, 0.6) is 0 Å². The fourth-order valence-electron chi connectivity index (χ4n) is 3.59. The van der Waals surface area contributed by atoms with E-state index in [1.165, 1.54) is 5.56 Å². The number of amides is 1. The molecule has 1 amide bonds. The van der Waals surface area contributed by atoms with E-state index in [-0.39, 0.29) is 5.91 Å². The Hall–Kier alpha value is -1.93. The number of anilines is 1. The molecule has 1 saturated heterocycles. The molecule has 0 aliphatic carbocycles. The van der Waals surface area contributed by atoms with Crippen molar-refractivity contribution in [2.45, 2.75) is 18.2 Å². The van der Waals surface area contributed by atoms with E-state index in [2.05, 4.69) is 24.0 Å². The quantitative estimate of drug-likeness (QED) is 0.498. The summed E-state index contributed by atoms with van der Waals surface area (Å²) in [5, 5.41) is 0.775. The van der Waals surface area contributed by atoms with Gasteiger partial charge in [0.25, 0.3) is 5.91 Å². The molecule has 0 bridgehead atoms. The zero-order chi connectivity index (χ0) is 20.9. The molecule has 30 heavy (non-hydrogen) atoms. The standard InChI is InChI=1S/C23H27N3O2S2/c1-17-4-9-20-21(16-17)30-23(24-20)26(11-3-10-25-12-14-28-15-13-25)22(27)18-5-7-19(29-2)8-6-18/h4-9,16H,3,10-15H2,1-2H3. The van der Waals surface area contributed by atoms with E-state index in [1.807, 2.05) is 41.5 Å². The van der Waals surface area contributed by atoms with Gasteiger partial charge in [-0.3, -0.25) is 14.6 Å². The van der Waals surface area contributed by atoms with Crippen LogP contribution in [-0.4, -0.2) is 61.4 Å². The molecule has 0 N–H and O–H groups in total. The third kappa shape index (κ3) is 5.03. The lowest BCUT2D eigenvalue weighted by Crippen LogP contribution is -2.39. The summed E-state index contributed by atoms with van der Waals surface area (Å²) in [7, 11) is 0. The molecule has 5 nitrogen and oxygen atoms in total. The Balaban J connectivity index is 1.56. The molecule has 2 heterocycles. The van der Waals surface area contributed by atoms with Crippen molar-refractivity contribution >= 4 is 44.4 Å². The van der Waals surface area contributed by atoms with Crippen LogP contribution in [0, 0.1) is 6.92 Å². The molecular weight excluding hydrogens is 414 g/mol. The number of aryl methyl sites for hydroxylation is 1. The Bertz CT molecular complexity index is 997. The van der Waals surface area contributed by atoms with Crippen molar-refractivity contribution < 1.29 is 9.53 Å². The molecule has 1 aliphatic rings. The lowest BCUT2D eigenvalue weighted by Gasteiger charge is -2.27. The summed E-state index contributed by atoms with van der Waals surface area (Å²) in [6.45, 7) is 7.21. The van der Waals surface area contributed by atoms with Crippen LogP contribution in [-0.2, 0) is 4.74 Å². The van der Waals surface area contributed by atoms with Crippen LogP contribution in [0.4, 0.5) is 5.13 Å². The van der Waals surface area contributed by atoms with Crippen LogP contribution in [0.1, 0.15) is 22.3 Å². The maximum absolute atomic E-state index is 13.4.